The molecule has 33 heavy (non-hydrogen) atoms. The lowest BCUT2D eigenvalue weighted by molar-refractivity contribution is -0.216. The molecular formula is C19H27F3N6O4S. The second kappa shape index (κ2) is 12.2. The van der Waals surface area contributed by atoms with Crippen LogP contribution >= 0.6 is 12.6 Å². The highest BCUT2D eigenvalue weighted by atomic mass is 32.1. The molecule has 7 N–H and O–H groups in total. The van der Waals surface area contributed by atoms with Crippen LogP contribution in [-0.4, -0.2) is 73.6 Å². The van der Waals surface area contributed by atoms with E-state index >= 15 is 0 Å². The van der Waals surface area contributed by atoms with E-state index in [4.69, 9.17) is 10.6 Å². The highest BCUT2D eigenvalue weighted by molar-refractivity contribution is 7.83. The minimum Gasteiger partial charge on any atom is -0.377 e. The summed E-state index contributed by atoms with van der Waals surface area (Å²) in [6.45, 7) is 0.969. The number of thiol groups is 1. The van der Waals surface area contributed by atoms with Crippen LogP contribution in [0.2, 0.25) is 0 Å². The van der Waals surface area contributed by atoms with Gasteiger partial charge in [-0.15, -0.1) is 12.6 Å². The number of nitrogens with zero attached hydrogens (tertiary/aromatic N) is 1. The number of amides is 2. The Bertz CT molecular complexity index is 840. The van der Waals surface area contributed by atoms with Crippen LogP contribution in [0, 0.1) is 0 Å². The summed E-state index contributed by atoms with van der Waals surface area (Å²) in [4.78, 5) is 26.6. The van der Waals surface area contributed by atoms with Gasteiger partial charge in [0, 0.05) is 18.7 Å². The second-order valence-electron chi connectivity index (χ2n) is 7.08. The van der Waals surface area contributed by atoms with Gasteiger partial charge in [-0.05, 0) is 30.2 Å². The minimum atomic E-state index is -4.82. The number of aliphatic hydroxyl groups excluding tert-OH is 1. The van der Waals surface area contributed by atoms with Crippen molar-refractivity contribution in [2.75, 3.05) is 33.4 Å². The lowest BCUT2D eigenvalue weighted by Crippen LogP contribution is -2.55. The molecule has 0 saturated carbocycles. The number of nitrogens with two attached hydrogens (primary N) is 1. The highest BCUT2D eigenvalue weighted by Gasteiger charge is 2.39. The first-order valence-corrected chi connectivity index (χ1v) is 10.4. The molecule has 184 valence electrons. The normalized spacial score (nSPS) is 19.1. The van der Waals surface area contributed by atoms with Crippen LogP contribution in [0.15, 0.2) is 35.4 Å². The molecule has 1 aromatic rings. The molecule has 1 aromatic carbocycles. The van der Waals surface area contributed by atoms with Crippen LogP contribution in [0.3, 0.4) is 0 Å². The summed E-state index contributed by atoms with van der Waals surface area (Å²) in [5, 5.41) is 17.8. The van der Waals surface area contributed by atoms with Gasteiger partial charge in [0.05, 0.1) is 25.4 Å². The van der Waals surface area contributed by atoms with E-state index in [1.807, 2.05) is 5.32 Å². The van der Waals surface area contributed by atoms with Crippen LogP contribution in [0.1, 0.15) is 22.1 Å². The van der Waals surface area contributed by atoms with E-state index in [-0.39, 0.29) is 30.3 Å². The van der Waals surface area contributed by atoms with Gasteiger partial charge in [0.25, 0.3) is 11.8 Å². The number of hydrogen-bond donors (Lipinski definition) is 7. The summed E-state index contributed by atoms with van der Waals surface area (Å²) < 4.78 is 43.2. The summed E-state index contributed by atoms with van der Waals surface area (Å²) in [5.74, 6) is 4.51. The number of alkyl halides is 3. The number of benzene rings is 1. The number of carbonyl (C=O) groups is 2. The van der Waals surface area contributed by atoms with Crippen molar-refractivity contribution in [3.05, 3.63) is 46.5 Å². The Labute approximate surface area is 194 Å². The number of nitrogens with one attached hydrogen (secondary N) is 4. The number of carbonyl (C=O) groups excluding carboxylic acids is 2. The van der Waals surface area contributed by atoms with Crippen LogP contribution in [0.5, 0.6) is 0 Å². The maximum absolute atomic E-state index is 12.6. The fourth-order valence-corrected chi connectivity index (χ4v) is 3.32. The van der Waals surface area contributed by atoms with Crippen molar-refractivity contribution < 1.29 is 32.6 Å². The average Bonchev–Trinajstić information content (AvgIpc) is 2.81. The number of rotatable bonds is 9. The Kier molecular flexibility index (Phi) is 9.94. The van der Waals surface area contributed by atoms with E-state index in [1.54, 1.807) is 0 Å². The van der Waals surface area contributed by atoms with Crippen LogP contribution in [0.25, 0.3) is 0 Å². The van der Waals surface area contributed by atoms with Crippen molar-refractivity contribution in [2.24, 2.45) is 5.84 Å². The van der Waals surface area contributed by atoms with Crippen molar-refractivity contribution in [1.29, 1.82) is 0 Å². The third-order valence-corrected chi connectivity index (χ3v) is 5.19. The van der Waals surface area contributed by atoms with Gasteiger partial charge in [0.1, 0.15) is 5.70 Å². The van der Waals surface area contributed by atoms with Gasteiger partial charge in [-0.25, -0.2) is 0 Å². The molecule has 3 atom stereocenters. The van der Waals surface area contributed by atoms with Crippen molar-refractivity contribution in [3.63, 3.8) is 0 Å². The predicted molar refractivity (Wildman–Crippen MR) is 116 cm³/mol. The van der Waals surface area contributed by atoms with E-state index in [0.29, 0.717) is 18.7 Å². The average molecular weight is 493 g/mol. The molecule has 0 radical (unpaired) electrons. The number of aliphatic hydroxyl groups is 1. The molecule has 1 saturated heterocycles. The quantitative estimate of drug-likeness (QED) is 0.0810. The molecule has 1 fully saturated rings. The maximum Gasteiger partial charge on any atom is 0.428 e. The monoisotopic (exact) mass is 492 g/mol. The van der Waals surface area contributed by atoms with Gasteiger partial charge in [0.2, 0.25) is 6.23 Å². The topological polar surface area (TPSA) is 141 Å². The number of hydrazine groups is 1. The van der Waals surface area contributed by atoms with Crippen LogP contribution in [0.4, 0.5) is 13.2 Å². The third-order valence-electron chi connectivity index (χ3n) is 4.93. The van der Waals surface area contributed by atoms with E-state index < -0.39 is 30.5 Å². The van der Waals surface area contributed by atoms with E-state index in [0.717, 1.165) is 0 Å². The smallest absolute Gasteiger partial charge is 0.377 e. The zero-order valence-corrected chi connectivity index (χ0v) is 18.6. The molecular weight excluding hydrogens is 465 g/mol. The summed E-state index contributed by atoms with van der Waals surface area (Å²) >= 11 is 3.95. The molecule has 10 nitrogen and oxygen atoms in total. The van der Waals surface area contributed by atoms with Crippen LogP contribution in [-0.2, 0) is 9.53 Å². The Balaban J connectivity index is 2.00. The van der Waals surface area contributed by atoms with Crippen molar-refractivity contribution in [2.45, 2.75) is 24.6 Å². The largest absolute Gasteiger partial charge is 0.428 e. The van der Waals surface area contributed by atoms with Gasteiger partial charge < -0.3 is 30.8 Å². The van der Waals surface area contributed by atoms with Gasteiger partial charge >= 0.3 is 6.18 Å². The van der Waals surface area contributed by atoms with Gasteiger partial charge in [-0.2, -0.15) is 13.2 Å². The van der Waals surface area contributed by atoms with Crippen LogP contribution < -0.4 is 27.2 Å². The summed E-state index contributed by atoms with van der Waals surface area (Å²) in [7, 11) is 1.43. The Morgan fingerprint density at radius 1 is 1.36 bits per heavy atom. The molecule has 2 amide bonds. The van der Waals surface area contributed by atoms with Gasteiger partial charge in [0.15, 0.2) is 0 Å². The molecule has 2 rings (SSSR count). The Hall–Kier alpha value is -2.36. The van der Waals surface area contributed by atoms with E-state index in [9.17, 15) is 27.9 Å². The van der Waals surface area contributed by atoms with Crippen molar-refractivity contribution in [1.82, 2.24) is 26.3 Å². The number of halogens is 3. The second-order valence-corrected chi connectivity index (χ2v) is 7.34. The molecule has 1 aliphatic heterocycles. The molecule has 0 bridgehead atoms. The molecule has 0 aliphatic carbocycles. The Morgan fingerprint density at radius 2 is 2.03 bits per heavy atom. The third kappa shape index (κ3) is 7.31. The lowest BCUT2D eigenvalue weighted by Gasteiger charge is -2.36. The maximum atomic E-state index is 12.6. The summed E-state index contributed by atoms with van der Waals surface area (Å²) in [6, 6.07) is 5.37. The van der Waals surface area contributed by atoms with Gasteiger partial charge in [-0.3, -0.25) is 20.7 Å². The lowest BCUT2D eigenvalue weighted by atomic mass is 10.1. The highest BCUT2D eigenvalue weighted by Crippen LogP contribution is 2.21. The number of morpholine rings is 1. The predicted octanol–water partition coefficient (Wildman–Crippen LogP) is -0.433. The minimum absolute atomic E-state index is 0.0930. The van der Waals surface area contributed by atoms with E-state index in [2.05, 4.69) is 28.7 Å². The van der Waals surface area contributed by atoms with Crippen molar-refractivity contribution in [3.8, 4) is 0 Å². The summed E-state index contributed by atoms with van der Waals surface area (Å²) in [5.41, 5.74) is 3.02. The zero-order chi connectivity index (χ0) is 24.6. The fourth-order valence-electron chi connectivity index (χ4n) is 3.14. The molecule has 14 heteroatoms. The first kappa shape index (κ1) is 26.9. The molecule has 0 spiro atoms. The molecule has 1 heterocycles. The Morgan fingerprint density at radius 3 is 2.58 bits per heavy atom. The number of ether oxygens (including phenoxy) is 1. The van der Waals surface area contributed by atoms with E-state index in [1.165, 1.54) is 41.6 Å². The first-order valence-electron chi connectivity index (χ1n) is 9.88. The fraction of sp³-hybridized carbons (Fsp3) is 0.474. The SMILES string of the molecule is CNC(NC(O)C(F)(F)F)c1ccc(C(=O)NC[C@@H]2COCCN2C(=O)/C(=C/S)NN)cc1. The summed E-state index contributed by atoms with van der Waals surface area (Å²) in [6.07, 6.45) is -8.53. The van der Waals surface area contributed by atoms with Gasteiger partial charge in [-0.1, -0.05) is 12.1 Å². The number of hydrogen-bond acceptors (Lipinski definition) is 9. The molecule has 1 aliphatic rings. The molecule has 2 unspecified atom stereocenters. The zero-order valence-electron chi connectivity index (χ0n) is 17.7. The van der Waals surface area contributed by atoms with Crippen molar-refractivity contribution >= 4 is 24.4 Å². The standard InChI is InChI=1S/C19H27F3N6O4S/c1-24-15(26-18(31)19(20,21)22)11-2-4-12(5-3-11)16(29)25-8-13-9-32-7-6-28(13)17(30)14(10-33)27-23/h2-5,10,13,15,18,24,26-27,31,33H,6-9,23H2,1H3,(H,25,29)/b14-10-/t13-,15?,18?/m1/s1. The molecule has 0 aromatic heterocycles. The first-order chi connectivity index (χ1) is 15.6.